The summed E-state index contributed by atoms with van der Waals surface area (Å²) in [5.41, 5.74) is 0. The van der Waals surface area contributed by atoms with Crippen LogP contribution in [0.1, 0.15) is 25.1 Å². The molecule has 0 bridgehead atoms. The highest BCUT2D eigenvalue weighted by Gasteiger charge is 2.05. The number of carbonyl (C=O) groups excluding carboxylic acids is 1. The third kappa shape index (κ3) is 5.98. The highest BCUT2D eigenvalue weighted by Crippen LogP contribution is 2.22. The number of nitrogens with one attached hydrogen (secondary N) is 1. The average molecular weight is 333 g/mol. The Morgan fingerprint density at radius 3 is 2.67 bits per heavy atom. The van der Waals surface area contributed by atoms with Crippen LogP contribution in [0.4, 0.5) is 0 Å². The Kier molecular flexibility index (Phi) is 7.54. The summed E-state index contributed by atoms with van der Waals surface area (Å²) in [4.78, 5) is 15.1. The maximum atomic E-state index is 11.7. The molecule has 0 aliphatic carbocycles. The summed E-state index contributed by atoms with van der Waals surface area (Å²) < 4.78 is 1.08. The van der Waals surface area contributed by atoms with E-state index in [1.165, 1.54) is 0 Å². The highest BCUT2D eigenvalue weighted by molar-refractivity contribution is 9.11. The number of hydrogen-bond acceptors (Lipinski definition) is 3. The van der Waals surface area contributed by atoms with E-state index in [2.05, 4.69) is 40.0 Å². The second kappa shape index (κ2) is 8.67. The molecule has 18 heavy (non-hydrogen) atoms. The molecule has 1 rings (SSSR count). The van der Waals surface area contributed by atoms with Gasteiger partial charge in [0.1, 0.15) is 0 Å². The number of thiophene rings is 1. The molecule has 0 radical (unpaired) electrons. The van der Waals surface area contributed by atoms with Crippen molar-refractivity contribution < 1.29 is 4.79 Å². The Hall–Kier alpha value is -0.390. The molecule has 0 saturated heterocycles. The van der Waals surface area contributed by atoms with Crippen molar-refractivity contribution in [1.82, 2.24) is 10.2 Å². The third-order valence-corrected chi connectivity index (χ3v) is 4.45. The van der Waals surface area contributed by atoms with Gasteiger partial charge in [-0.2, -0.15) is 0 Å². The first-order valence-corrected chi connectivity index (χ1v) is 8.00. The summed E-state index contributed by atoms with van der Waals surface area (Å²) in [6.07, 6.45) is 1.50. The van der Waals surface area contributed by atoms with Crippen molar-refractivity contribution in [2.75, 3.05) is 26.2 Å². The average Bonchev–Trinajstić information content (AvgIpc) is 2.75. The number of nitrogens with zero attached hydrogens (tertiary/aromatic N) is 1. The Balaban J connectivity index is 2.14. The van der Waals surface area contributed by atoms with E-state index in [-0.39, 0.29) is 5.91 Å². The van der Waals surface area contributed by atoms with Crippen LogP contribution in [-0.4, -0.2) is 37.0 Å². The van der Waals surface area contributed by atoms with Crippen LogP contribution in [0.3, 0.4) is 0 Å². The Bertz CT molecular complexity index is 364. The van der Waals surface area contributed by atoms with Crippen LogP contribution in [0.15, 0.2) is 15.9 Å². The molecular formula is C13H21BrN2OS. The predicted molar refractivity (Wildman–Crippen MR) is 81.1 cm³/mol. The SMILES string of the molecule is CCN(CC)CCCNC(=O)Cc1ccc(Br)s1. The minimum atomic E-state index is 0.115. The lowest BCUT2D eigenvalue weighted by molar-refractivity contribution is -0.120. The number of halogens is 1. The van der Waals surface area contributed by atoms with Crippen molar-refractivity contribution in [1.29, 1.82) is 0 Å². The molecule has 1 amide bonds. The van der Waals surface area contributed by atoms with Crippen LogP contribution in [-0.2, 0) is 11.2 Å². The molecule has 0 saturated carbocycles. The van der Waals surface area contributed by atoms with E-state index in [4.69, 9.17) is 0 Å². The van der Waals surface area contributed by atoms with Gasteiger partial charge in [-0.3, -0.25) is 4.79 Å². The largest absolute Gasteiger partial charge is 0.356 e. The van der Waals surface area contributed by atoms with Crippen LogP contribution in [0.2, 0.25) is 0 Å². The van der Waals surface area contributed by atoms with Crippen molar-refractivity contribution in [3.63, 3.8) is 0 Å². The zero-order valence-electron chi connectivity index (χ0n) is 11.0. The van der Waals surface area contributed by atoms with Gasteiger partial charge in [0, 0.05) is 11.4 Å². The maximum absolute atomic E-state index is 11.7. The van der Waals surface area contributed by atoms with E-state index in [1.807, 2.05) is 12.1 Å². The van der Waals surface area contributed by atoms with E-state index >= 15 is 0 Å². The quantitative estimate of drug-likeness (QED) is 0.742. The van der Waals surface area contributed by atoms with E-state index in [0.717, 1.165) is 41.3 Å². The second-order valence-electron chi connectivity index (χ2n) is 4.11. The molecular weight excluding hydrogens is 312 g/mol. The van der Waals surface area contributed by atoms with Gasteiger partial charge < -0.3 is 10.2 Å². The molecule has 1 aromatic heterocycles. The first kappa shape index (κ1) is 15.7. The minimum absolute atomic E-state index is 0.115. The summed E-state index contributed by atoms with van der Waals surface area (Å²) in [7, 11) is 0. The minimum Gasteiger partial charge on any atom is -0.356 e. The van der Waals surface area contributed by atoms with Gasteiger partial charge in [-0.25, -0.2) is 0 Å². The van der Waals surface area contributed by atoms with Gasteiger partial charge in [0.15, 0.2) is 0 Å². The maximum Gasteiger partial charge on any atom is 0.225 e. The zero-order valence-corrected chi connectivity index (χ0v) is 13.4. The number of carbonyl (C=O) groups is 1. The topological polar surface area (TPSA) is 32.3 Å². The lowest BCUT2D eigenvalue weighted by atomic mass is 10.3. The van der Waals surface area contributed by atoms with E-state index < -0.39 is 0 Å². The first-order valence-electron chi connectivity index (χ1n) is 6.39. The van der Waals surface area contributed by atoms with Gasteiger partial charge in [0.2, 0.25) is 5.91 Å². The van der Waals surface area contributed by atoms with Crippen LogP contribution >= 0.6 is 27.3 Å². The highest BCUT2D eigenvalue weighted by atomic mass is 79.9. The smallest absolute Gasteiger partial charge is 0.225 e. The van der Waals surface area contributed by atoms with Crippen molar-refractivity contribution >= 4 is 33.2 Å². The van der Waals surface area contributed by atoms with Gasteiger partial charge >= 0.3 is 0 Å². The fourth-order valence-corrected chi connectivity index (χ4v) is 3.22. The molecule has 3 nitrogen and oxygen atoms in total. The lowest BCUT2D eigenvalue weighted by Crippen LogP contribution is -2.30. The summed E-state index contributed by atoms with van der Waals surface area (Å²) in [6, 6.07) is 3.97. The Labute approximate surface area is 122 Å². The molecule has 0 aromatic carbocycles. The van der Waals surface area contributed by atoms with E-state index in [0.29, 0.717) is 6.42 Å². The molecule has 1 N–H and O–H groups in total. The molecule has 0 fully saturated rings. The van der Waals surface area contributed by atoms with E-state index in [1.54, 1.807) is 11.3 Å². The van der Waals surface area contributed by atoms with Crippen LogP contribution in [0, 0.1) is 0 Å². The summed E-state index contributed by atoms with van der Waals surface area (Å²) in [6.45, 7) is 8.30. The molecule has 0 aliphatic rings. The first-order chi connectivity index (χ1) is 8.65. The van der Waals surface area contributed by atoms with Gasteiger partial charge in [-0.05, 0) is 54.1 Å². The predicted octanol–water partition coefficient (Wildman–Crippen LogP) is 2.90. The van der Waals surface area contributed by atoms with Crippen molar-refractivity contribution in [2.24, 2.45) is 0 Å². The lowest BCUT2D eigenvalue weighted by Gasteiger charge is -2.17. The van der Waals surface area contributed by atoms with Crippen LogP contribution < -0.4 is 5.32 Å². The fourth-order valence-electron chi connectivity index (χ4n) is 1.74. The van der Waals surface area contributed by atoms with Crippen LogP contribution in [0.5, 0.6) is 0 Å². The standard InChI is InChI=1S/C13H21BrN2OS/c1-3-16(4-2)9-5-8-15-13(17)10-11-6-7-12(14)18-11/h6-7H,3-5,8-10H2,1-2H3,(H,15,17). The monoisotopic (exact) mass is 332 g/mol. The van der Waals surface area contributed by atoms with Crippen molar-refractivity contribution in [2.45, 2.75) is 26.7 Å². The molecule has 0 spiro atoms. The number of hydrogen-bond donors (Lipinski definition) is 1. The second-order valence-corrected chi connectivity index (χ2v) is 6.66. The molecule has 0 atom stereocenters. The van der Waals surface area contributed by atoms with Gasteiger partial charge in [0.05, 0.1) is 10.2 Å². The van der Waals surface area contributed by atoms with Crippen molar-refractivity contribution in [3.8, 4) is 0 Å². The summed E-state index contributed by atoms with van der Waals surface area (Å²) in [5, 5.41) is 2.97. The van der Waals surface area contributed by atoms with Gasteiger partial charge in [0.25, 0.3) is 0 Å². The molecule has 0 aliphatic heterocycles. The molecule has 0 unspecified atom stereocenters. The third-order valence-electron chi connectivity index (χ3n) is 2.83. The van der Waals surface area contributed by atoms with Gasteiger partial charge in [-0.1, -0.05) is 13.8 Å². The molecule has 1 aromatic rings. The molecule has 102 valence electrons. The van der Waals surface area contributed by atoms with Gasteiger partial charge in [-0.15, -0.1) is 11.3 Å². The Morgan fingerprint density at radius 1 is 1.39 bits per heavy atom. The zero-order chi connectivity index (χ0) is 13.4. The van der Waals surface area contributed by atoms with E-state index in [9.17, 15) is 4.79 Å². The molecule has 1 heterocycles. The fraction of sp³-hybridized carbons (Fsp3) is 0.615. The number of amides is 1. The summed E-state index contributed by atoms with van der Waals surface area (Å²) >= 11 is 5.01. The number of rotatable bonds is 8. The normalized spacial score (nSPS) is 10.9. The van der Waals surface area contributed by atoms with Crippen LogP contribution in [0.25, 0.3) is 0 Å². The molecule has 5 heteroatoms. The Morgan fingerprint density at radius 2 is 2.11 bits per heavy atom. The van der Waals surface area contributed by atoms with Crippen molar-refractivity contribution in [3.05, 3.63) is 20.8 Å². The summed E-state index contributed by atoms with van der Waals surface area (Å²) in [5.74, 6) is 0.115.